The lowest BCUT2D eigenvalue weighted by Gasteiger charge is -2.28. The van der Waals surface area contributed by atoms with E-state index in [2.05, 4.69) is 26.6 Å². The summed E-state index contributed by atoms with van der Waals surface area (Å²) in [5.41, 5.74) is 0.646. The SMILES string of the molecule is O=C(Nc1ccc(Cl)cc1Br)NC1CCCCC1O. The molecule has 2 atom stereocenters. The average molecular weight is 348 g/mol. The van der Waals surface area contributed by atoms with Crippen LogP contribution in [-0.2, 0) is 0 Å². The van der Waals surface area contributed by atoms with E-state index < -0.39 is 6.10 Å². The molecule has 3 N–H and O–H groups in total. The molecule has 0 radical (unpaired) electrons. The lowest BCUT2D eigenvalue weighted by atomic mass is 9.93. The zero-order valence-electron chi connectivity index (χ0n) is 10.3. The Kier molecular flexibility index (Phi) is 5.07. The second kappa shape index (κ2) is 6.59. The predicted octanol–water partition coefficient (Wildman–Crippen LogP) is 3.53. The maximum absolute atomic E-state index is 11.9. The van der Waals surface area contributed by atoms with Crippen LogP contribution >= 0.6 is 27.5 Å². The highest BCUT2D eigenvalue weighted by Gasteiger charge is 2.24. The van der Waals surface area contributed by atoms with Crippen molar-refractivity contribution >= 4 is 39.2 Å². The number of amides is 2. The van der Waals surface area contributed by atoms with Gasteiger partial charge in [0.15, 0.2) is 0 Å². The Morgan fingerprint density at radius 2 is 2.11 bits per heavy atom. The number of nitrogens with one attached hydrogen (secondary N) is 2. The number of rotatable bonds is 2. The van der Waals surface area contributed by atoms with E-state index in [0.29, 0.717) is 10.7 Å². The molecule has 0 heterocycles. The molecule has 0 aliphatic heterocycles. The first-order chi connectivity index (χ1) is 9.06. The Balaban J connectivity index is 1.93. The fourth-order valence-electron chi connectivity index (χ4n) is 2.20. The number of carbonyl (C=O) groups excluding carboxylic acids is 1. The Morgan fingerprint density at radius 1 is 1.37 bits per heavy atom. The number of carbonyl (C=O) groups is 1. The van der Waals surface area contributed by atoms with Gasteiger partial charge in [-0.25, -0.2) is 4.79 Å². The van der Waals surface area contributed by atoms with Gasteiger partial charge in [-0.2, -0.15) is 0 Å². The first kappa shape index (κ1) is 14.6. The molecule has 2 rings (SSSR count). The Hall–Kier alpha value is -0.780. The van der Waals surface area contributed by atoms with E-state index in [0.717, 1.165) is 30.2 Å². The van der Waals surface area contributed by atoms with Crippen LogP contribution in [0, 0.1) is 0 Å². The number of aliphatic hydroxyl groups excluding tert-OH is 1. The van der Waals surface area contributed by atoms with Gasteiger partial charge < -0.3 is 15.7 Å². The summed E-state index contributed by atoms with van der Waals surface area (Å²) in [6.07, 6.45) is 3.16. The standard InChI is InChI=1S/C13H16BrClN2O2/c14-9-7-8(15)5-6-10(9)16-13(19)17-11-3-1-2-4-12(11)18/h5-7,11-12,18H,1-4H2,(H2,16,17,19). The summed E-state index contributed by atoms with van der Waals surface area (Å²) in [7, 11) is 0. The normalized spacial score (nSPS) is 22.9. The number of benzene rings is 1. The van der Waals surface area contributed by atoms with Crippen molar-refractivity contribution in [3.8, 4) is 0 Å². The smallest absolute Gasteiger partial charge is 0.319 e. The van der Waals surface area contributed by atoms with Gasteiger partial charge in [0.2, 0.25) is 0 Å². The van der Waals surface area contributed by atoms with Gasteiger partial charge in [-0.15, -0.1) is 0 Å². The molecule has 0 spiro atoms. The summed E-state index contributed by atoms with van der Waals surface area (Å²) < 4.78 is 0.722. The van der Waals surface area contributed by atoms with Crippen molar-refractivity contribution in [2.75, 3.05) is 5.32 Å². The van der Waals surface area contributed by atoms with Crippen LogP contribution in [0.4, 0.5) is 10.5 Å². The van der Waals surface area contributed by atoms with Gasteiger partial charge >= 0.3 is 6.03 Å². The third-order valence-electron chi connectivity index (χ3n) is 3.23. The molecular formula is C13H16BrClN2O2. The fraction of sp³-hybridized carbons (Fsp3) is 0.462. The lowest BCUT2D eigenvalue weighted by molar-refractivity contribution is 0.0955. The molecule has 2 unspecified atom stereocenters. The Labute approximate surface area is 125 Å². The quantitative estimate of drug-likeness (QED) is 0.766. The van der Waals surface area contributed by atoms with Crippen molar-refractivity contribution in [2.24, 2.45) is 0 Å². The van der Waals surface area contributed by atoms with Gasteiger partial charge in [-0.1, -0.05) is 24.4 Å². The second-order valence-electron chi connectivity index (χ2n) is 4.68. The largest absolute Gasteiger partial charge is 0.391 e. The fourth-order valence-corrected chi connectivity index (χ4v) is 2.98. The molecule has 6 heteroatoms. The summed E-state index contributed by atoms with van der Waals surface area (Å²) in [6.45, 7) is 0. The Bertz CT molecular complexity index is 470. The van der Waals surface area contributed by atoms with Crippen molar-refractivity contribution in [1.82, 2.24) is 5.32 Å². The highest BCUT2D eigenvalue weighted by molar-refractivity contribution is 9.10. The maximum atomic E-state index is 11.9. The van der Waals surface area contributed by atoms with Crippen LogP contribution < -0.4 is 10.6 Å². The van der Waals surface area contributed by atoms with E-state index in [1.54, 1.807) is 18.2 Å². The summed E-state index contributed by atoms with van der Waals surface area (Å²) in [5.74, 6) is 0. The van der Waals surface area contributed by atoms with Crippen molar-refractivity contribution in [1.29, 1.82) is 0 Å². The first-order valence-corrected chi connectivity index (χ1v) is 7.44. The van der Waals surface area contributed by atoms with Crippen LogP contribution in [0.1, 0.15) is 25.7 Å². The number of aliphatic hydroxyl groups is 1. The van der Waals surface area contributed by atoms with Crippen LogP contribution in [-0.4, -0.2) is 23.3 Å². The number of urea groups is 1. The van der Waals surface area contributed by atoms with E-state index in [-0.39, 0.29) is 12.1 Å². The third kappa shape index (κ3) is 4.09. The molecule has 19 heavy (non-hydrogen) atoms. The molecule has 4 nitrogen and oxygen atoms in total. The molecule has 0 aromatic heterocycles. The van der Waals surface area contributed by atoms with E-state index in [1.165, 1.54) is 0 Å². The van der Waals surface area contributed by atoms with Crippen molar-refractivity contribution < 1.29 is 9.90 Å². The topological polar surface area (TPSA) is 61.4 Å². The zero-order chi connectivity index (χ0) is 13.8. The maximum Gasteiger partial charge on any atom is 0.319 e. The number of hydrogen-bond donors (Lipinski definition) is 3. The first-order valence-electron chi connectivity index (χ1n) is 6.27. The molecule has 1 fully saturated rings. The second-order valence-corrected chi connectivity index (χ2v) is 5.97. The highest BCUT2D eigenvalue weighted by atomic mass is 79.9. The molecule has 1 aromatic carbocycles. The van der Waals surface area contributed by atoms with Gasteiger partial charge in [-0.3, -0.25) is 0 Å². The van der Waals surface area contributed by atoms with E-state index in [4.69, 9.17) is 11.6 Å². The van der Waals surface area contributed by atoms with E-state index in [9.17, 15) is 9.90 Å². The summed E-state index contributed by atoms with van der Waals surface area (Å²) in [5, 5.41) is 15.9. The predicted molar refractivity (Wildman–Crippen MR) is 79.6 cm³/mol. The van der Waals surface area contributed by atoms with Crippen LogP contribution in [0.2, 0.25) is 5.02 Å². The minimum Gasteiger partial charge on any atom is -0.391 e. The Morgan fingerprint density at radius 3 is 2.79 bits per heavy atom. The van der Waals surface area contributed by atoms with Crippen molar-refractivity contribution in [2.45, 2.75) is 37.8 Å². The molecular weight excluding hydrogens is 332 g/mol. The minimum atomic E-state index is -0.451. The summed E-state index contributed by atoms with van der Waals surface area (Å²) in [6, 6.07) is 4.67. The van der Waals surface area contributed by atoms with Gasteiger partial charge in [0.25, 0.3) is 0 Å². The van der Waals surface area contributed by atoms with Crippen molar-refractivity contribution in [3.63, 3.8) is 0 Å². The number of hydrogen-bond acceptors (Lipinski definition) is 2. The van der Waals surface area contributed by atoms with E-state index >= 15 is 0 Å². The van der Waals surface area contributed by atoms with Crippen LogP contribution in [0.15, 0.2) is 22.7 Å². The number of anilines is 1. The van der Waals surface area contributed by atoms with Crippen LogP contribution in [0.5, 0.6) is 0 Å². The zero-order valence-corrected chi connectivity index (χ0v) is 12.7. The minimum absolute atomic E-state index is 0.167. The lowest BCUT2D eigenvalue weighted by Crippen LogP contribution is -2.46. The molecule has 0 saturated heterocycles. The molecule has 104 valence electrons. The van der Waals surface area contributed by atoms with Gasteiger partial charge in [0.1, 0.15) is 0 Å². The van der Waals surface area contributed by atoms with Crippen LogP contribution in [0.3, 0.4) is 0 Å². The molecule has 1 aromatic rings. The molecule has 1 saturated carbocycles. The van der Waals surface area contributed by atoms with Crippen molar-refractivity contribution in [3.05, 3.63) is 27.7 Å². The highest BCUT2D eigenvalue weighted by Crippen LogP contribution is 2.26. The van der Waals surface area contributed by atoms with E-state index in [1.807, 2.05) is 0 Å². The molecule has 0 bridgehead atoms. The van der Waals surface area contributed by atoms with Gasteiger partial charge in [-0.05, 0) is 47.0 Å². The van der Waals surface area contributed by atoms with Gasteiger partial charge in [0.05, 0.1) is 17.8 Å². The summed E-state index contributed by atoms with van der Waals surface area (Å²) >= 11 is 9.17. The summed E-state index contributed by atoms with van der Waals surface area (Å²) in [4.78, 5) is 11.9. The van der Waals surface area contributed by atoms with Gasteiger partial charge in [0, 0.05) is 9.50 Å². The molecule has 2 amide bonds. The molecule has 1 aliphatic rings. The monoisotopic (exact) mass is 346 g/mol. The van der Waals surface area contributed by atoms with Crippen LogP contribution in [0.25, 0.3) is 0 Å². The average Bonchev–Trinajstić information content (AvgIpc) is 2.36. The molecule has 1 aliphatic carbocycles. The number of halogens is 2. The third-order valence-corrected chi connectivity index (χ3v) is 4.12.